The number of halogens is 1. The van der Waals surface area contributed by atoms with Crippen molar-refractivity contribution in [3.05, 3.63) is 64.5 Å². The van der Waals surface area contributed by atoms with Gasteiger partial charge >= 0.3 is 0 Å². The lowest BCUT2D eigenvalue weighted by molar-refractivity contribution is 0.622. The standard InChI is InChI=1S/C18H17FN2/c1-13-4-7-18-15(9-13)3-2-8-21(18)12-14-5-6-17(19)16(10-14)11-20/h4-7,9-10H,2-3,8,12H2,1H3. The predicted octanol–water partition coefficient (Wildman–Crippen LogP) is 3.96. The minimum atomic E-state index is -0.448. The Balaban J connectivity index is 1.89. The number of nitriles is 1. The van der Waals surface area contributed by atoms with Crippen LogP contribution in [0.2, 0.25) is 0 Å². The highest BCUT2D eigenvalue weighted by Gasteiger charge is 2.17. The van der Waals surface area contributed by atoms with Crippen LogP contribution in [0.4, 0.5) is 10.1 Å². The molecule has 0 bridgehead atoms. The molecule has 21 heavy (non-hydrogen) atoms. The number of rotatable bonds is 2. The largest absolute Gasteiger partial charge is 0.367 e. The number of aryl methyl sites for hydroxylation is 2. The molecule has 3 rings (SSSR count). The molecule has 0 spiro atoms. The number of anilines is 1. The summed E-state index contributed by atoms with van der Waals surface area (Å²) in [6.07, 6.45) is 2.24. The van der Waals surface area contributed by atoms with E-state index in [4.69, 9.17) is 5.26 Å². The molecule has 0 aromatic heterocycles. The van der Waals surface area contributed by atoms with Gasteiger partial charge < -0.3 is 4.90 Å². The first-order valence-electron chi connectivity index (χ1n) is 7.20. The molecular formula is C18H17FN2. The summed E-state index contributed by atoms with van der Waals surface area (Å²) in [6.45, 7) is 3.82. The zero-order valence-electron chi connectivity index (χ0n) is 12.1. The summed E-state index contributed by atoms with van der Waals surface area (Å²) in [5, 5.41) is 8.93. The van der Waals surface area contributed by atoms with Gasteiger partial charge in [-0.2, -0.15) is 5.26 Å². The van der Waals surface area contributed by atoms with Crippen LogP contribution in [-0.2, 0) is 13.0 Å². The van der Waals surface area contributed by atoms with E-state index in [1.54, 1.807) is 12.1 Å². The van der Waals surface area contributed by atoms with Gasteiger partial charge in [-0.1, -0.05) is 23.8 Å². The Labute approximate surface area is 124 Å². The minimum absolute atomic E-state index is 0.119. The van der Waals surface area contributed by atoms with Gasteiger partial charge in [-0.3, -0.25) is 0 Å². The van der Waals surface area contributed by atoms with Crippen LogP contribution in [0.15, 0.2) is 36.4 Å². The number of benzene rings is 2. The highest BCUT2D eigenvalue weighted by atomic mass is 19.1. The van der Waals surface area contributed by atoms with Crippen molar-refractivity contribution in [2.75, 3.05) is 11.4 Å². The number of hydrogen-bond acceptors (Lipinski definition) is 2. The fourth-order valence-electron chi connectivity index (χ4n) is 2.94. The van der Waals surface area contributed by atoms with Crippen molar-refractivity contribution in [3.8, 4) is 6.07 Å². The van der Waals surface area contributed by atoms with E-state index in [0.717, 1.165) is 24.9 Å². The Kier molecular flexibility index (Phi) is 3.62. The molecule has 0 N–H and O–H groups in total. The fraction of sp³-hybridized carbons (Fsp3) is 0.278. The quantitative estimate of drug-likeness (QED) is 0.832. The summed E-state index contributed by atoms with van der Waals surface area (Å²) in [5.41, 5.74) is 5.01. The predicted molar refractivity (Wildman–Crippen MR) is 81.7 cm³/mol. The Morgan fingerprint density at radius 2 is 2.10 bits per heavy atom. The fourth-order valence-corrected chi connectivity index (χ4v) is 2.94. The molecule has 2 aromatic carbocycles. The van der Waals surface area contributed by atoms with Crippen molar-refractivity contribution in [1.29, 1.82) is 5.26 Å². The van der Waals surface area contributed by atoms with Gasteiger partial charge in [0.25, 0.3) is 0 Å². The number of hydrogen-bond donors (Lipinski definition) is 0. The molecule has 2 aromatic rings. The SMILES string of the molecule is Cc1ccc2c(c1)CCCN2Cc1ccc(F)c(C#N)c1. The monoisotopic (exact) mass is 280 g/mol. The third-order valence-electron chi connectivity index (χ3n) is 3.97. The van der Waals surface area contributed by atoms with E-state index in [1.807, 2.05) is 6.07 Å². The maximum absolute atomic E-state index is 13.4. The molecule has 1 heterocycles. The molecule has 0 aliphatic carbocycles. The number of fused-ring (bicyclic) bond motifs is 1. The van der Waals surface area contributed by atoms with Crippen molar-refractivity contribution in [1.82, 2.24) is 0 Å². The zero-order chi connectivity index (χ0) is 14.8. The van der Waals surface area contributed by atoms with Gasteiger partial charge in [0.2, 0.25) is 0 Å². The maximum Gasteiger partial charge on any atom is 0.140 e. The molecule has 0 atom stereocenters. The molecule has 1 aliphatic rings. The van der Waals surface area contributed by atoms with Crippen LogP contribution in [-0.4, -0.2) is 6.54 Å². The normalized spacial score (nSPS) is 13.7. The Morgan fingerprint density at radius 1 is 1.24 bits per heavy atom. The summed E-state index contributed by atoms with van der Waals surface area (Å²) in [6, 6.07) is 13.2. The Morgan fingerprint density at radius 3 is 2.90 bits per heavy atom. The van der Waals surface area contributed by atoms with Gasteiger partial charge in [0, 0.05) is 18.8 Å². The van der Waals surface area contributed by atoms with Crippen LogP contribution in [0.1, 0.15) is 28.7 Å². The van der Waals surface area contributed by atoms with Crippen LogP contribution in [0.25, 0.3) is 0 Å². The van der Waals surface area contributed by atoms with Gasteiger partial charge in [-0.25, -0.2) is 4.39 Å². The van der Waals surface area contributed by atoms with E-state index in [0.29, 0.717) is 6.54 Å². The summed E-state index contributed by atoms with van der Waals surface area (Å²) in [5.74, 6) is -0.448. The maximum atomic E-state index is 13.4. The van der Waals surface area contributed by atoms with E-state index in [9.17, 15) is 4.39 Å². The van der Waals surface area contributed by atoms with E-state index >= 15 is 0 Å². The van der Waals surface area contributed by atoms with Crippen molar-refractivity contribution in [2.24, 2.45) is 0 Å². The lowest BCUT2D eigenvalue weighted by Gasteiger charge is -2.31. The average Bonchev–Trinajstić information content (AvgIpc) is 2.49. The van der Waals surface area contributed by atoms with Gasteiger partial charge in [0.15, 0.2) is 0 Å². The summed E-state index contributed by atoms with van der Waals surface area (Å²) in [4.78, 5) is 2.31. The molecule has 0 saturated carbocycles. The number of nitrogens with zero attached hydrogens (tertiary/aromatic N) is 2. The van der Waals surface area contributed by atoms with Crippen molar-refractivity contribution in [2.45, 2.75) is 26.3 Å². The molecular weight excluding hydrogens is 263 g/mol. The minimum Gasteiger partial charge on any atom is -0.367 e. The summed E-state index contributed by atoms with van der Waals surface area (Å²) < 4.78 is 13.4. The first kappa shape index (κ1) is 13.6. The van der Waals surface area contributed by atoms with Crippen LogP contribution in [0.3, 0.4) is 0 Å². The molecule has 0 unspecified atom stereocenters. The highest BCUT2D eigenvalue weighted by Crippen LogP contribution is 2.29. The van der Waals surface area contributed by atoms with Gasteiger partial charge in [0.1, 0.15) is 11.9 Å². The molecule has 0 radical (unpaired) electrons. The van der Waals surface area contributed by atoms with Gasteiger partial charge in [0.05, 0.1) is 5.56 Å². The lowest BCUT2D eigenvalue weighted by Crippen LogP contribution is -2.28. The lowest BCUT2D eigenvalue weighted by atomic mass is 9.99. The van der Waals surface area contributed by atoms with E-state index < -0.39 is 5.82 Å². The van der Waals surface area contributed by atoms with Crippen molar-refractivity contribution in [3.63, 3.8) is 0 Å². The van der Waals surface area contributed by atoms with E-state index in [-0.39, 0.29) is 5.56 Å². The third kappa shape index (κ3) is 2.75. The van der Waals surface area contributed by atoms with Crippen LogP contribution < -0.4 is 4.90 Å². The topological polar surface area (TPSA) is 27.0 Å². The second kappa shape index (κ2) is 5.57. The van der Waals surface area contributed by atoms with Crippen molar-refractivity contribution >= 4 is 5.69 Å². The molecule has 3 heteroatoms. The Hall–Kier alpha value is -2.34. The summed E-state index contributed by atoms with van der Waals surface area (Å²) in [7, 11) is 0. The molecule has 0 amide bonds. The second-order valence-corrected chi connectivity index (χ2v) is 5.58. The first-order valence-corrected chi connectivity index (χ1v) is 7.20. The van der Waals surface area contributed by atoms with Crippen LogP contribution in [0.5, 0.6) is 0 Å². The zero-order valence-corrected chi connectivity index (χ0v) is 12.1. The second-order valence-electron chi connectivity index (χ2n) is 5.58. The van der Waals surface area contributed by atoms with Gasteiger partial charge in [-0.15, -0.1) is 0 Å². The first-order chi connectivity index (χ1) is 10.2. The Bertz CT molecular complexity index is 716. The molecule has 0 saturated heterocycles. The molecule has 0 fully saturated rings. The third-order valence-corrected chi connectivity index (χ3v) is 3.97. The van der Waals surface area contributed by atoms with Crippen LogP contribution >= 0.6 is 0 Å². The molecule has 2 nitrogen and oxygen atoms in total. The molecule has 1 aliphatic heterocycles. The van der Waals surface area contributed by atoms with E-state index in [2.05, 4.69) is 30.0 Å². The van der Waals surface area contributed by atoms with Crippen LogP contribution in [0, 0.1) is 24.1 Å². The van der Waals surface area contributed by atoms with E-state index in [1.165, 1.54) is 22.9 Å². The van der Waals surface area contributed by atoms with Crippen molar-refractivity contribution < 1.29 is 4.39 Å². The average molecular weight is 280 g/mol. The smallest absolute Gasteiger partial charge is 0.140 e. The van der Waals surface area contributed by atoms with Gasteiger partial charge in [-0.05, 0) is 49.1 Å². The summed E-state index contributed by atoms with van der Waals surface area (Å²) >= 11 is 0. The molecule has 106 valence electrons. The highest BCUT2D eigenvalue weighted by molar-refractivity contribution is 5.57.